The van der Waals surface area contributed by atoms with Crippen LogP contribution in [0.3, 0.4) is 0 Å². The molecule has 0 spiro atoms. The summed E-state index contributed by atoms with van der Waals surface area (Å²) in [6.45, 7) is 9.09. The van der Waals surface area contributed by atoms with E-state index in [2.05, 4.69) is 45.9 Å². The number of hydrogen-bond donors (Lipinski definition) is 0. The van der Waals surface area contributed by atoms with E-state index in [0.29, 0.717) is 6.10 Å². The minimum absolute atomic E-state index is 0.306. The van der Waals surface area contributed by atoms with Crippen LogP contribution in [0, 0.1) is 13.8 Å². The van der Waals surface area contributed by atoms with E-state index in [9.17, 15) is 0 Å². The highest BCUT2D eigenvalue weighted by Gasteiger charge is 1.99. The van der Waals surface area contributed by atoms with Gasteiger partial charge in [-0.1, -0.05) is 23.8 Å². The van der Waals surface area contributed by atoms with E-state index in [1.807, 2.05) is 0 Å². The zero-order valence-electron chi connectivity index (χ0n) is 8.92. The summed E-state index contributed by atoms with van der Waals surface area (Å²) >= 11 is 0. The molecule has 0 radical (unpaired) electrons. The Morgan fingerprint density at radius 3 is 2.46 bits per heavy atom. The first kappa shape index (κ1) is 10.3. The van der Waals surface area contributed by atoms with Gasteiger partial charge in [0, 0.05) is 0 Å². The third kappa shape index (κ3) is 3.19. The highest BCUT2D eigenvalue weighted by molar-refractivity contribution is 5.29. The van der Waals surface area contributed by atoms with Gasteiger partial charge in [-0.25, -0.2) is 0 Å². The van der Waals surface area contributed by atoms with Gasteiger partial charge in [-0.15, -0.1) is 0 Å². The molecular weight excluding hydrogens is 160 g/mol. The van der Waals surface area contributed by atoms with Gasteiger partial charge in [0.1, 0.15) is 0 Å². The summed E-state index contributed by atoms with van der Waals surface area (Å²) < 4.78 is 5.55. The highest BCUT2D eigenvalue weighted by atomic mass is 16.5. The lowest BCUT2D eigenvalue weighted by atomic mass is 10.1. The van der Waals surface area contributed by atoms with Crippen molar-refractivity contribution in [1.29, 1.82) is 0 Å². The molecule has 0 saturated heterocycles. The van der Waals surface area contributed by atoms with Crippen molar-refractivity contribution in [2.75, 3.05) is 0 Å². The Balaban J connectivity index is 2.67. The molecule has 0 fully saturated rings. The summed E-state index contributed by atoms with van der Waals surface area (Å²) in [7, 11) is 0. The van der Waals surface area contributed by atoms with Gasteiger partial charge in [0.25, 0.3) is 0 Å². The molecule has 1 nitrogen and oxygen atoms in total. The molecule has 0 aliphatic rings. The van der Waals surface area contributed by atoms with E-state index in [4.69, 9.17) is 4.74 Å². The van der Waals surface area contributed by atoms with Crippen LogP contribution in [0.4, 0.5) is 0 Å². The van der Waals surface area contributed by atoms with Crippen molar-refractivity contribution < 1.29 is 4.74 Å². The van der Waals surface area contributed by atoms with Crippen LogP contribution in [-0.4, -0.2) is 6.10 Å². The van der Waals surface area contributed by atoms with Crippen molar-refractivity contribution in [3.63, 3.8) is 0 Å². The molecule has 0 amide bonds. The summed E-state index contributed by atoms with van der Waals surface area (Å²) in [6, 6.07) is 6.47. The zero-order chi connectivity index (χ0) is 9.84. The van der Waals surface area contributed by atoms with Crippen molar-refractivity contribution in [3.8, 4) is 0 Å². The average molecular weight is 178 g/mol. The zero-order valence-corrected chi connectivity index (χ0v) is 8.92. The second kappa shape index (κ2) is 4.43. The minimum atomic E-state index is 0.306. The van der Waals surface area contributed by atoms with E-state index in [1.165, 1.54) is 16.7 Å². The second-order valence-electron chi connectivity index (χ2n) is 3.79. The molecule has 1 heteroatoms. The third-order valence-electron chi connectivity index (χ3n) is 2.07. The van der Waals surface area contributed by atoms with E-state index in [1.54, 1.807) is 0 Å². The molecule has 0 aliphatic heterocycles. The van der Waals surface area contributed by atoms with Crippen LogP contribution in [0.1, 0.15) is 30.5 Å². The Labute approximate surface area is 80.7 Å². The lowest BCUT2D eigenvalue weighted by Gasteiger charge is -2.10. The van der Waals surface area contributed by atoms with Crippen LogP contribution < -0.4 is 0 Å². The van der Waals surface area contributed by atoms with Crippen molar-refractivity contribution in [2.45, 2.75) is 40.4 Å². The van der Waals surface area contributed by atoms with Crippen LogP contribution >= 0.6 is 0 Å². The summed E-state index contributed by atoms with van der Waals surface area (Å²) in [5.41, 5.74) is 3.92. The maximum atomic E-state index is 5.55. The van der Waals surface area contributed by atoms with E-state index < -0.39 is 0 Å². The second-order valence-corrected chi connectivity index (χ2v) is 3.79. The van der Waals surface area contributed by atoms with Crippen molar-refractivity contribution in [2.24, 2.45) is 0 Å². The van der Waals surface area contributed by atoms with Gasteiger partial charge < -0.3 is 4.74 Å². The molecule has 0 heterocycles. The third-order valence-corrected chi connectivity index (χ3v) is 2.07. The van der Waals surface area contributed by atoms with Gasteiger partial charge >= 0.3 is 0 Å². The molecular formula is C12H18O. The molecule has 0 N–H and O–H groups in total. The first-order chi connectivity index (χ1) is 6.09. The van der Waals surface area contributed by atoms with Gasteiger partial charge in [0.05, 0.1) is 12.7 Å². The number of rotatable bonds is 3. The Morgan fingerprint density at radius 1 is 1.23 bits per heavy atom. The van der Waals surface area contributed by atoms with Gasteiger partial charge in [0.2, 0.25) is 0 Å². The highest BCUT2D eigenvalue weighted by Crippen LogP contribution is 2.12. The van der Waals surface area contributed by atoms with Crippen molar-refractivity contribution >= 4 is 0 Å². The predicted molar refractivity (Wildman–Crippen MR) is 55.8 cm³/mol. The number of hydrogen-bond acceptors (Lipinski definition) is 1. The Morgan fingerprint density at radius 2 is 1.92 bits per heavy atom. The SMILES string of the molecule is Cc1ccc(COC(C)C)c(C)c1. The van der Waals surface area contributed by atoms with Gasteiger partial charge in [-0.3, -0.25) is 0 Å². The summed E-state index contributed by atoms with van der Waals surface area (Å²) in [5.74, 6) is 0. The molecule has 1 aromatic carbocycles. The molecule has 0 aromatic heterocycles. The van der Waals surface area contributed by atoms with Crippen LogP contribution in [-0.2, 0) is 11.3 Å². The fourth-order valence-electron chi connectivity index (χ4n) is 1.26. The normalized spacial score (nSPS) is 10.8. The van der Waals surface area contributed by atoms with Crippen molar-refractivity contribution in [1.82, 2.24) is 0 Å². The van der Waals surface area contributed by atoms with Crippen LogP contribution in [0.5, 0.6) is 0 Å². The van der Waals surface area contributed by atoms with Crippen LogP contribution in [0.2, 0.25) is 0 Å². The van der Waals surface area contributed by atoms with Crippen LogP contribution in [0.25, 0.3) is 0 Å². The molecule has 72 valence electrons. The van der Waals surface area contributed by atoms with Crippen molar-refractivity contribution in [3.05, 3.63) is 34.9 Å². The average Bonchev–Trinajstić information content (AvgIpc) is 2.02. The molecule has 0 unspecified atom stereocenters. The summed E-state index contributed by atoms with van der Waals surface area (Å²) in [4.78, 5) is 0. The quantitative estimate of drug-likeness (QED) is 0.690. The van der Waals surface area contributed by atoms with Gasteiger partial charge in [-0.2, -0.15) is 0 Å². The number of aryl methyl sites for hydroxylation is 2. The number of benzene rings is 1. The van der Waals surface area contributed by atoms with Gasteiger partial charge in [-0.05, 0) is 38.8 Å². The minimum Gasteiger partial charge on any atom is -0.374 e. The molecule has 0 aliphatic carbocycles. The van der Waals surface area contributed by atoms with E-state index >= 15 is 0 Å². The molecule has 0 saturated carbocycles. The molecule has 13 heavy (non-hydrogen) atoms. The Hall–Kier alpha value is -0.820. The van der Waals surface area contributed by atoms with E-state index in [-0.39, 0.29) is 0 Å². The maximum Gasteiger partial charge on any atom is 0.0722 e. The smallest absolute Gasteiger partial charge is 0.0722 e. The van der Waals surface area contributed by atoms with Gasteiger partial charge in [0.15, 0.2) is 0 Å². The van der Waals surface area contributed by atoms with E-state index in [0.717, 1.165) is 6.61 Å². The predicted octanol–water partition coefficient (Wildman–Crippen LogP) is 3.23. The molecule has 0 atom stereocenters. The molecule has 1 aromatic rings. The monoisotopic (exact) mass is 178 g/mol. The maximum absolute atomic E-state index is 5.55. The fourth-order valence-corrected chi connectivity index (χ4v) is 1.26. The molecule has 1 rings (SSSR count). The Kier molecular flexibility index (Phi) is 3.49. The first-order valence-corrected chi connectivity index (χ1v) is 4.77. The molecule has 0 bridgehead atoms. The fraction of sp³-hybridized carbons (Fsp3) is 0.500. The summed E-state index contributed by atoms with van der Waals surface area (Å²) in [6.07, 6.45) is 0.306. The number of ether oxygens (including phenoxy) is 1. The summed E-state index contributed by atoms with van der Waals surface area (Å²) in [5, 5.41) is 0. The largest absolute Gasteiger partial charge is 0.374 e. The first-order valence-electron chi connectivity index (χ1n) is 4.77. The Bertz CT molecular complexity index is 276. The topological polar surface area (TPSA) is 9.23 Å². The van der Waals surface area contributed by atoms with Crippen LogP contribution in [0.15, 0.2) is 18.2 Å². The lowest BCUT2D eigenvalue weighted by molar-refractivity contribution is 0.0654. The lowest BCUT2D eigenvalue weighted by Crippen LogP contribution is -2.03. The standard InChI is InChI=1S/C12H18O/c1-9(2)13-8-12-6-5-10(3)7-11(12)4/h5-7,9H,8H2,1-4H3.